The standard InChI is InChI=1S/C14H24N2O2S/c1-6-8-19-9-7-16-10(2)12(17)15-11(13(16)18)14(3,4)5/h6,10-11H,1,7-9H2,2-5H3,(H,15,17). The van der Waals surface area contributed by atoms with E-state index >= 15 is 0 Å². The Kier molecular flexibility index (Phi) is 5.47. The largest absolute Gasteiger partial charge is 0.342 e. The van der Waals surface area contributed by atoms with Crippen LogP contribution in [0.15, 0.2) is 12.7 Å². The fourth-order valence-electron chi connectivity index (χ4n) is 2.04. The Morgan fingerprint density at radius 3 is 2.58 bits per heavy atom. The Bertz CT molecular complexity index is 363. The monoisotopic (exact) mass is 284 g/mol. The normalized spacial score (nSPS) is 24.3. The van der Waals surface area contributed by atoms with Crippen LogP contribution in [0, 0.1) is 5.41 Å². The summed E-state index contributed by atoms with van der Waals surface area (Å²) in [5, 5.41) is 2.83. The minimum absolute atomic E-state index is 0.0267. The van der Waals surface area contributed by atoms with Crippen molar-refractivity contribution >= 4 is 23.6 Å². The lowest BCUT2D eigenvalue weighted by Gasteiger charge is -2.42. The zero-order chi connectivity index (χ0) is 14.6. The minimum Gasteiger partial charge on any atom is -0.342 e. The van der Waals surface area contributed by atoms with Crippen LogP contribution in [-0.2, 0) is 9.59 Å². The van der Waals surface area contributed by atoms with Crippen LogP contribution in [0.5, 0.6) is 0 Å². The summed E-state index contributed by atoms with van der Waals surface area (Å²) in [6.07, 6.45) is 1.84. The number of carbonyl (C=O) groups is 2. The van der Waals surface area contributed by atoms with E-state index in [0.717, 1.165) is 11.5 Å². The van der Waals surface area contributed by atoms with Crippen molar-refractivity contribution in [1.29, 1.82) is 0 Å². The van der Waals surface area contributed by atoms with Crippen molar-refractivity contribution in [2.45, 2.75) is 39.8 Å². The van der Waals surface area contributed by atoms with Crippen LogP contribution in [0.25, 0.3) is 0 Å². The van der Waals surface area contributed by atoms with Gasteiger partial charge < -0.3 is 10.2 Å². The summed E-state index contributed by atoms with van der Waals surface area (Å²) < 4.78 is 0. The summed E-state index contributed by atoms with van der Waals surface area (Å²) in [4.78, 5) is 26.1. The van der Waals surface area contributed by atoms with Crippen molar-refractivity contribution in [3.63, 3.8) is 0 Å². The smallest absolute Gasteiger partial charge is 0.246 e. The van der Waals surface area contributed by atoms with Crippen LogP contribution >= 0.6 is 11.8 Å². The third-order valence-electron chi connectivity index (χ3n) is 3.24. The molecule has 2 atom stereocenters. The molecule has 2 amide bonds. The van der Waals surface area contributed by atoms with E-state index < -0.39 is 6.04 Å². The van der Waals surface area contributed by atoms with Gasteiger partial charge in [0.15, 0.2) is 0 Å². The van der Waals surface area contributed by atoms with Gasteiger partial charge in [0, 0.05) is 18.1 Å². The Morgan fingerprint density at radius 2 is 2.05 bits per heavy atom. The molecule has 0 spiro atoms. The maximum atomic E-state index is 12.5. The summed E-state index contributed by atoms with van der Waals surface area (Å²) in [6.45, 7) is 12.0. The Labute approximate surface area is 120 Å². The first kappa shape index (κ1) is 16.1. The molecule has 0 radical (unpaired) electrons. The van der Waals surface area contributed by atoms with E-state index in [1.807, 2.05) is 26.8 Å². The molecule has 2 unspecified atom stereocenters. The van der Waals surface area contributed by atoms with Gasteiger partial charge in [-0.3, -0.25) is 9.59 Å². The molecule has 108 valence electrons. The van der Waals surface area contributed by atoms with E-state index in [1.165, 1.54) is 0 Å². The van der Waals surface area contributed by atoms with Crippen LogP contribution in [-0.4, -0.2) is 46.8 Å². The second-order valence-electron chi connectivity index (χ2n) is 5.88. The number of hydrogen-bond donors (Lipinski definition) is 1. The second kappa shape index (κ2) is 6.46. The van der Waals surface area contributed by atoms with E-state index in [0.29, 0.717) is 6.54 Å². The average molecular weight is 284 g/mol. The maximum absolute atomic E-state index is 12.5. The number of nitrogens with zero attached hydrogens (tertiary/aromatic N) is 1. The van der Waals surface area contributed by atoms with Gasteiger partial charge in [0.1, 0.15) is 12.1 Å². The van der Waals surface area contributed by atoms with Crippen molar-refractivity contribution in [1.82, 2.24) is 10.2 Å². The number of amides is 2. The molecular formula is C14H24N2O2S. The third-order valence-corrected chi connectivity index (χ3v) is 4.18. The summed E-state index contributed by atoms with van der Waals surface area (Å²) in [5.41, 5.74) is -0.264. The topological polar surface area (TPSA) is 49.4 Å². The van der Waals surface area contributed by atoms with Crippen LogP contribution in [0.1, 0.15) is 27.7 Å². The highest BCUT2D eigenvalue weighted by molar-refractivity contribution is 7.99. The molecule has 0 bridgehead atoms. The van der Waals surface area contributed by atoms with Crippen molar-refractivity contribution < 1.29 is 9.59 Å². The van der Waals surface area contributed by atoms with E-state index in [-0.39, 0.29) is 23.3 Å². The maximum Gasteiger partial charge on any atom is 0.246 e. The van der Waals surface area contributed by atoms with Crippen molar-refractivity contribution in [3.8, 4) is 0 Å². The lowest BCUT2D eigenvalue weighted by Crippen LogP contribution is -2.66. The van der Waals surface area contributed by atoms with E-state index in [1.54, 1.807) is 23.6 Å². The third kappa shape index (κ3) is 4.00. The highest BCUT2D eigenvalue weighted by Gasteiger charge is 2.43. The zero-order valence-corrected chi connectivity index (χ0v) is 13.0. The zero-order valence-electron chi connectivity index (χ0n) is 12.2. The highest BCUT2D eigenvalue weighted by atomic mass is 32.2. The van der Waals surface area contributed by atoms with Crippen molar-refractivity contribution in [3.05, 3.63) is 12.7 Å². The van der Waals surface area contributed by atoms with Gasteiger partial charge in [-0.15, -0.1) is 6.58 Å². The molecule has 0 aromatic carbocycles. The van der Waals surface area contributed by atoms with Crippen LogP contribution in [0.3, 0.4) is 0 Å². The Morgan fingerprint density at radius 1 is 1.42 bits per heavy atom. The predicted octanol–water partition coefficient (Wildman–Crippen LogP) is 1.67. The molecular weight excluding hydrogens is 260 g/mol. The van der Waals surface area contributed by atoms with Gasteiger partial charge >= 0.3 is 0 Å². The summed E-state index contributed by atoms with van der Waals surface area (Å²) in [6, 6.07) is -0.809. The van der Waals surface area contributed by atoms with E-state index in [9.17, 15) is 9.59 Å². The quantitative estimate of drug-likeness (QED) is 0.617. The number of rotatable bonds is 5. The number of piperazine rings is 1. The number of hydrogen-bond acceptors (Lipinski definition) is 3. The predicted molar refractivity (Wildman–Crippen MR) is 80.1 cm³/mol. The first-order valence-electron chi connectivity index (χ1n) is 6.58. The molecule has 0 aromatic rings. The van der Waals surface area contributed by atoms with Crippen LogP contribution in [0.4, 0.5) is 0 Å². The molecule has 1 aliphatic heterocycles. The van der Waals surface area contributed by atoms with Crippen LogP contribution < -0.4 is 5.32 Å². The van der Waals surface area contributed by atoms with Gasteiger partial charge in [0.05, 0.1) is 0 Å². The van der Waals surface area contributed by atoms with Gasteiger partial charge in [-0.1, -0.05) is 26.8 Å². The summed E-state index contributed by atoms with van der Waals surface area (Å²) in [7, 11) is 0. The molecule has 1 N–H and O–H groups in total. The number of carbonyl (C=O) groups excluding carboxylic acids is 2. The molecule has 5 heteroatoms. The Balaban J connectivity index is 2.73. The fraction of sp³-hybridized carbons (Fsp3) is 0.714. The lowest BCUT2D eigenvalue weighted by atomic mass is 9.84. The molecule has 1 saturated heterocycles. The molecule has 1 rings (SSSR count). The average Bonchev–Trinajstić information content (AvgIpc) is 2.31. The van der Waals surface area contributed by atoms with Gasteiger partial charge in [0.25, 0.3) is 0 Å². The van der Waals surface area contributed by atoms with Gasteiger partial charge in [-0.25, -0.2) is 0 Å². The molecule has 1 fully saturated rings. The van der Waals surface area contributed by atoms with Gasteiger partial charge in [0.2, 0.25) is 11.8 Å². The second-order valence-corrected chi connectivity index (χ2v) is 7.03. The summed E-state index contributed by atoms with van der Waals surface area (Å²) in [5.74, 6) is 1.66. The number of nitrogens with one attached hydrogen (secondary N) is 1. The van der Waals surface area contributed by atoms with E-state index in [2.05, 4.69) is 11.9 Å². The molecule has 0 aliphatic carbocycles. The van der Waals surface area contributed by atoms with E-state index in [4.69, 9.17) is 0 Å². The first-order chi connectivity index (χ1) is 8.79. The Hall–Kier alpha value is -0.970. The molecule has 19 heavy (non-hydrogen) atoms. The van der Waals surface area contributed by atoms with Crippen molar-refractivity contribution in [2.75, 3.05) is 18.1 Å². The van der Waals surface area contributed by atoms with Crippen LogP contribution in [0.2, 0.25) is 0 Å². The minimum atomic E-state index is -0.430. The SMILES string of the molecule is C=CCSCCN1C(=O)C(C(C)(C)C)NC(=O)C1C. The molecule has 1 heterocycles. The number of thioether (sulfide) groups is 1. The van der Waals surface area contributed by atoms with Gasteiger partial charge in [-0.05, 0) is 12.3 Å². The van der Waals surface area contributed by atoms with Gasteiger partial charge in [-0.2, -0.15) is 11.8 Å². The van der Waals surface area contributed by atoms with Crippen molar-refractivity contribution in [2.24, 2.45) is 5.41 Å². The molecule has 0 saturated carbocycles. The first-order valence-corrected chi connectivity index (χ1v) is 7.74. The highest BCUT2D eigenvalue weighted by Crippen LogP contribution is 2.25. The lowest BCUT2D eigenvalue weighted by molar-refractivity contribution is -0.151. The summed E-state index contributed by atoms with van der Waals surface area (Å²) >= 11 is 1.72. The molecule has 0 aromatic heterocycles. The fourth-order valence-corrected chi connectivity index (χ4v) is 2.70. The molecule has 1 aliphatic rings. The molecule has 4 nitrogen and oxygen atoms in total.